The van der Waals surface area contributed by atoms with Crippen molar-refractivity contribution < 1.29 is 4.74 Å². The Labute approximate surface area is 113 Å². The Morgan fingerprint density at radius 3 is 2.65 bits per heavy atom. The molecule has 2 N–H and O–H groups in total. The lowest BCUT2D eigenvalue weighted by molar-refractivity contribution is 0.206. The molecule has 1 aromatic rings. The highest BCUT2D eigenvalue weighted by atomic mass is 79.9. The monoisotopic (exact) mass is 299 g/mol. The Hall–Kier alpha value is -0.540. The molecule has 0 amide bonds. The molecule has 0 fully saturated rings. The molecule has 1 rings (SSSR count). The van der Waals surface area contributed by atoms with E-state index in [1.165, 1.54) is 5.56 Å². The Balaban J connectivity index is 2.87. The second-order valence-corrected chi connectivity index (χ2v) is 5.48. The van der Waals surface area contributed by atoms with Crippen LogP contribution in [0.4, 0.5) is 0 Å². The minimum Gasteiger partial charge on any atom is -0.489 e. The summed E-state index contributed by atoms with van der Waals surface area (Å²) in [6, 6.07) is 6.27. The van der Waals surface area contributed by atoms with Gasteiger partial charge >= 0.3 is 0 Å². The van der Waals surface area contributed by atoms with Crippen LogP contribution in [0.5, 0.6) is 5.75 Å². The fraction of sp³-hybridized carbons (Fsp3) is 0.571. The first-order chi connectivity index (χ1) is 8.04. The van der Waals surface area contributed by atoms with E-state index < -0.39 is 0 Å². The number of hydrogen-bond donors (Lipinski definition) is 1. The Morgan fingerprint density at radius 1 is 1.35 bits per heavy atom. The summed E-state index contributed by atoms with van der Waals surface area (Å²) in [5, 5.41) is 0. The van der Waals surface area contributed by atoms with E-state index in [2.05, 4.69) is 35.8 Å². The fourth-order valence-electron chi connectivity index (χ4n) is 1.86. The Morgan fingerprint density at radius 2 is 2.06 bits per heavy atom. The van der Waals surface area contributed by atoms with Crippen LogP contribution in [0.15, 0.2) is 22.7 Å². The van der Waals surface area contributed by atoms with Gasteiger partial charge in [-0.1, -0.05) is 25.5 Å². The van der Waals surface area contributed by atoms with E-state index in [-0.39, 0.29) is 12.1 Å². The van der Waals surface area contributed by atoms with Crippen molar-refractivity contribution in [2.45, 2.75) is 52.2 Å². The zero-order valence-corrected chi connectivity index (χ0v) is 12.5. The molecule has 0 aliphatic carbocycles. The van der Waals surface area contributed by atoms with E-state index in [0.717, 1.165) is 29.5 Å². The molecule has 96 valence electrons. The summed E-state index contributed by atoms with van der Waals surface area (Å²) in [4.78, 5) is 0. The zero-order valence-electron chi connectivity index (χ0n) is 10.9. The predicted octanol–water partition coefficient (Wildman–Crippen LogP) is 3.91. The Bertz CT molecular complexity index is 352. The van der Waals surface area contributed by atoms with Gasteiger partial charge in [0, 0.05) is 6.04 Å². The van der Waals surface area contributed by atoms with Crippen LogP contribution < -0.4 is 10.5 Å². The predicted molar refractivity (Wildman–Crippen MR) is 76.5 cm³/mol. The molecular weight excluding hydrogens is 278 g/mol. The number of benzene rings is 1. The average molecular weight is 300 g/mol. The van der Waals surface area contributed by atoms with E-state index in [0.29, 0.717) is 0 Å². The third kappa shape index (κ3) is 4.68. The number of ether oxygens (including phenoxy) is 1. The van der Waals surface area contributed by atoms with Crippen LogP contribution in [-0.4, -0.2) is 12.1 Å². The highest BCUT2D eigenvalue weighted by Crippen LogP contribution is 2.31. The van der Waals surface area contributed by atoms with Crippen LogP contribution >= 0.6 is 15.9 Å². The van der Waals surface area contributed by atoms with E-state index in [9.17, 15) is 0 Å². The molecule has 0 heterocycles. The van der Waals surface area contributed by atoms with E-state index >= 15 is 0 Å². The van der Waals surface area contributed by atoms with Gasteiger partial charge in [0.05, 0.1) is 10.6 Å². The maximum absolute atomic E-state index is 6.02. The molecule has 0 spiro atoms. The summed E-state index contributed by atoms with van der Waals surface area (Å²) < 4.78 is 7.03. The van der Waals surface area contributed by atoms with Gasteiger partial charge in [-0.05, 0) is 54.2 Å². The molecule has 0 aliphatic rings. The van der Waals surface area contributed by atoms with Gasteiger partial charge in [-0.15, -0.1) is 0 Å². The van der Waals surface area contributed by atoms with Crippen molar-refractivity contribution in [1.82, 2.24) is 0 Å². The molecule has 2 nitrogen and oxygen atoms in total. The summed E-state index contributed by atoms with van der Waals surface area (Å²) in [6.07, 6.45) is 3.28. The first kappa shape index (κ1) is 14.5. The number of halogens is 1. The molecule has 2 unspecified atom stereocenters. The summed E-state index contributed by atoms with van der Waals surface area (Å²) in [7, 11) is 0. The largest absolute Gasteiger partial charge is 0.489 e. The lowest BCUT2D eigenvalue weighted by atomic mass is 10.1. The van der Waals surface area contributed by atoms with Crippen LogP contribution in [0, 0.1) is 0 Å². The SMILES string of the molecule is CCCC(C)Oc1c(Br)cccc1CC(C)N. The molecule has 0 saturated carbocycles. The van der Waals surface area contributed by atoms with Gasteiger partial charge < -0.3 is 10.5 Å². The first-order valence-corrected chi connectivity index (χ1v) is 7.03. The number of nitrogens with two attached hydrogens (primary N) is 1. The van der Waals surface area contributed by atoms with Crippen LogP contribution in [0.25, 0.3) is 0 Å². The van der Waals surface area contributed by atoms with Gasteiger partial charge in [-0.3, -0.25) is 0 Å². The van der Waals surface area contributed by atoms with Crippen molar-refractivity contribution in [2.75, 3.05) is 0 Å². The Kier molecular flexibility index (Phi) is 6.00. The minimum absolute atomic E-state index is 0.146. The summed E-state index contributed by atoms with van der Waals surface area (Å²) in [6.45, 7) is 6.29. The van der Waals surface area contributed by atoms with Gasteiger partial charge in [0.1, 0.15) is 5.75 Å². The summed E-state index contributed by atoms with van der Waals surface area (Å²) >= 11 is 3.55. The maximum Gasteiger partial charge on any atom is 0.137 e. The third-order valence-corrected chi connectivity index (χ3v) is 3.23. The second-order valence-electron chi connectivity index (χ2n) is 4.63. The van der Waals surface area contributed by atoms with E-state index in [4.69, 9.17) is 10.5 Å². The number of para-hydroxylation sites is 1. The van der Waals surface area contributed by atoms with Gasteiger partial charge in [0.2, 0.25) is 0 Å². The number of rotatable bonds is 6. The molecule has 1 aromatic carbocycles. The lowest BCUT2D eigenvalue weighted by Crippen LogP contribution is -2.19. The van der Waals surface area contributed by atoms with Crippen molar-refractivity contribution in [3.63, 3.8) is 0 Å². The normalized spacial score (nSPS) is 14.4. The summed E-state index contributed by atoms with van der Waals surface area (Å²) in [5.41, 5.74) is 7.04. The molecule has 0 aromatic heterocycles. The van der Waals surface area contributed by atoms with Crippen LogP contribution in [0.2, 0.25) is 0 Å². The lowest BCUT2D eigenvalue weighted by Gasteiger charge is -2.19. The van der Waals surface area contributed by atoms with Gasteiger partial charge in [0.15, 0.2) is 0 Å². The molecule has 0 saturated heterocycles. The van der Waals surface area contributed by atoms with Crippen molar-refractivity contribution in [3.05, 3.63) is 28.2 Å². The van der Waals surface area contributed by atoms with Gasteiger partial charge in [-0.25, -0.2) is 0 Å². The minimum atomic E-state index is 0.146. The smallest absolute Gasteiger partial charge is 0.137 e. The summed E-state index contributed by atoms with van der Waals surface area (Å²) in [5.74, 6) is 0.950. The second kappa shape index (κ2) is 7.02. The maximum atomic E-state index is 6.02. The molecular formula is C14H22BrNO. The highest BCUT2D eigenvalue weighted by molar-refractivity contribution is 9.10. The fourth-order valence-corrected chi connectivity index (χ4v) is 2.36. The quantitative estimate of drug-likeness (QED) is 0.864. The van der Waals surface area contributed by atoms with Crippen molar-refractivity contribution in [2.24, 2.45) is 5.73 Å². The van der Waals surface area contributed by atoms with Crippen molar-refractivity contribution >= 4 is 15.9 Å². The topological polar surface area (TPSA) is 35.2 Å². The molecule has 3 heteroatoms. The molecule has 2 atom stereocenters. The van der Waals surface area contributed by atoms with Gasteiger partial charge in [-0.2, -0.15) is 0 Å². The van der Waals surface area contributed by atoms with Crippen molar-refractivity contribution in [1.29, 1.82) is 0 Å². The first-order valence-electron chi connectivity index (χ1n) is 6.24. The van der Waals surface area contributed by atoms with Crippen molar-refractivity contribution in [3.8, 4) is 5.75 Å². The number of hydrogen-bond acceptors (Lipinski definition) is 2. The standard InChI is InChI=1S/C14H22BrNO/c1-4-6-11(3)17-14-12(9-10(2)16)7-5-8-13(14)15/h5,7-8,10-11H,4,6,9,16H2,1-3H3. The average Bonchev–Trinajstić information content (AvgIpc) is 2.23. The zero-order chi connectivity index (χ0) is 12.8. The van der Waals surface area contributed by atoms with Crippen LogP contribution in [0.1, 0.15) is 39.2 Å². The van der Waals surface area contributed by atoms with Crippen LogP contribution in [-0.2, 0) is 6.42 Å². The molecule has 17 heavy (non-hydrogen) atoms. The molecule has 0 aliphatic heterocycles. The molecule has 0 bridgehead atoms. The van der Waals surface area contributed by atoms with Gasteiger partial charge in [0.25, 0.3) is 0 Å². The van der Waals surface area contributed by atoms with Crippen LogP contribution in [0.3, 0.4) is 0 Å². The van der Waals surface area contributed by atoms with E-state index in [1.54, 1.807) is 0 Å². The third-order valence-electron chi connectivity index (χ3n) is 2.60. The highest BCUT2D eigenvalue weighted by Gasteiger charge is 2.12. The van der Waals surface area contributed by atoms with E-state index in [1.807, 2.05) is 19.1 Å². The molecule has 0 radical (unpaired) electrons.